The van der Waals surface area contributed by atoms with Gasteiger partial charge >= 0.3 is 11.7 Å². The van der Waals surface area contributed by atoms with E-state index in [0.29, 0.717) is 11.3 Å². The van der Waals surface area contributed by atoms with Crippen LogP contribution in [0.2, 0.25) is 0 Å². The normalized spacial score (nSPS) is 11.2. The molecule has 10 heteroatoms. The van der Waals surface area contributed by atoms with Gasteiger partial charge in [-0.05, 0) is 0 Å². The molecule has 1 heterocycles. The summed E-state index contributed by atoms with van der Waals surface area (Å²) in [5.74, 6) is -1.17. The lowest BCUT2D eigenvalue weighted by atomic mass is 10.4. The first-order valence-electron chi connectivity index (χ1n) is 4.54. The molecule has 0 saturated heterocycles. The molecule has 0 amide bonds. The molecule has 8 nitrogen and oxygen atoms in total. The summed E-state index contributed by atoms with van der Waals surface area (Å²) < 4.78 is 22.5. The summed E-state index contributed by atoms with van der Waals surface area (Å²) in [5.41, 5.74) is -0.413. The fourth-order valence-electron chi connectivity index (χ4n) is 1.21. The lowest BCUT2D eigenvalue weighted by molar-refractivity contribution is -0.383. The third-order valence-corrected chi connectivity index (χ3v) is 4.99. The van der Waals surface area contributed by atoms with Gasteiger partial charge in [-0.2, -0.15) is 0 Å². The van der Waals surface area contributed by atoms with Gasteiger partial charge in [-0.3, -0.25) is 14.9 Å². The van der Waals surface area contributed by atoms with Crippen LogP contribution in [-0.4, -0.2) is 44.3 Å². The van der Waals surface area contributed by atoms with Crippen LogP contribution in [0.3, 0.4) is 0 Å². The van der Waals surface area contributed by atoms with Crippen LogP contribution in [-0.2, 0) is 14.6 Å². The number of carboxylic acids is 1. The van der Waals surface area contributed by atoms with Crippen LogP contribution in [0.1, 0.15) is 0 Å². The quantitative estimate of drug-likeness (QED) is 0.623. The number of rotatable bonds is 5. The standard InChI is InChI=1S/C8H10N2O6S2/c1-9(4-6(11)12)8-5(10(13)14)3-7(17-8)18(2,15)16/h3H,4H2,1-2H3,(H,11,12). The van der Waals surface area contributed by atoms with Gasteiger partial charge in [-0.1, -0.05) is 11.3 Å². The van der Waals surface area contributed by atoms with Gasteiger partial charge in [0.25, 0.3) is 0 Å². The maximum atomic E-state index is 11.3. The van der Waals surface area contributed by atoms with Gasteiger partial charge in [0.1, 0.15) is 10.8 Å². The molecule has 1 aromatic rings. The van der Waals surface area contributed by atoms with Gasteiger partial charge in [0, 0.05) is 19.4 Å². The molecule has 1 rings (SSSR count). The van der Waals surface area contributed by atoms with Gasteiger partial charge < -0.3 is 10.0 Å². The van der Waals surface area contributed by atoms with E-state index in [-0.39, 0.29) is 9.21 Å². The zero-order valence-corrected chi connectivity index (χ0v) is 11.1. The van der Waals surface area contributed by atoms with Crippen molar-refractivity contribution in [3.63, 3.8) is 0 Å². The molecule has 0 atom stereocenters. The SMILES string of the molecule is CN(CC(=O)O)c1sc(S(C)(=O)=O)cc1[N+](=O)[O-]. The first kappa shape index (κ1) is 14.4. The van der Waals surface area contributed by atoms with Crippen molar-refractivity contribution in [1.82, 2.24) is 0 Å². The van der Waals surface area contributed by atoms with E-state index < -0.39 is 33.0 Å². The number of anilines is 1. The second-order valence-corrected chi connectivity index (χ2v) is 6.81. The third kappa shape index (κ3) is 3.17. The second-order valence-electron chi connectivity index (χ2n) is 3.53. The smallest absolute Gasteiger partial charge is 0.323 e. The fourth-order valence-corrected chi connectivity index (χ4v) is 3.20. The van der Waals surface area contributed by atoms with Gasteiger partial charge in [0.05, 0.1) is 4.92 Å². The van der Waals surface area contributed by atoms with E-state index in [2.05, 4.69) is 0 Å². The molecule has 0 aromatic carbocycles. The lowest BCUT2D eigenvalue weighted by Gasteiger charge is -2.12. The molecule has 0 saturated carbocycles. The van der Waals surface area contributed by atoms with E-state index in [1.165, 1.54) is 7.05 Å². The van der Waals surface area contributed by atoms with E-state index in [1.54, 1.807) is 0 Å². The first-order chi connectivity index (χ1) is 8.12. The summed E-state index contributed by atoms with van der Waals surface area (Å²) in [6.07, 6.45) is 0.934. The van der Waals surface area contributed by atoms with Crippen LogP contribution >= 0.6 is 11.3 Å². The predicted octanol–water partition coefficient (Wildman–Crippen LogP) is 0.581. The molecule has 0 bridgehead atoms. The average molecular weight is 294 g/mol. The van der Waals surface area contributed by atoms with E-state index >= 15 is 0 Å². The summed E-state index contributed by atoms with van der Waals surface area (Å²) in [4.78, 5) is 21.7. The molecule has 0 aliphatic heterocycles. The lowest BCUT2D eigenvalue weighted by Crippen LogP contribution is -2.24. The summed E-state index contributed by atoms with van der Waals surface area (Å²) in [6, 6.07) is 0.938. The number of carbonyl (C=O) groups is 1. The van der Waals surface area contributed by atoms with Crippen LogP contribution in [0.15, 0.2) is 10.3 Å². The fraction of sp³-hybridized carbons (Fsp3) is 0.375. The number of likely N-dealkylation sites (N-methyl/N-ethyl adjacent to an activating group) is 1. The van der Waals surface area contributed by atoms with Crippen molar-refractivity contribution in [1.29, 1.82) is 0 Å². The van der Waals surface area contributed by atoms with Gasteiger partial charge in [0.2, 0.25) is 0 Å². The molecule has 0 unspecified atom stereocenters. The van der Waals surface area contributed by atoms with E-state index in [1.807, 2.05) is 0 Å². The monoisotopic (exact) mass is 294 g/mol. The minimum Gasteiger partial charge on any atom is -0.480 e. The first-order valence-corrected chi connectivity index (χ1v) is 7.25. The molecule has 1 aromatic heterocycles. The maximum absolute atomic E-state index is 11.3. The molecule has 18 heavy (non-hydrogen) atoms. The Labute approximate surface area is 107 Å². The zero-order chi connectivity index (χ0) is 14.1. The van der Waals surface area contributed by atoms with Crippen LogP contribution in [0.4, 0.5) is 10.7 Å². The average Bonchev–Trinajstić information content (AvgIpc) is 2.59. The molecule has 0 fully saturated rings. The van der Waals surface area contributed by atoms with Crippen molar-refractivity contribution in [3.8, 4) is 0 Å². The highest BCUT2D eigenvalue weighted by Gasteiger charge is 2.26. The number of aliphatic carboxylic acids is 1. The molecule has 0 aliphatic rings. The number of nitrogens with zero attached hydrogens (tertiary/aromatic N) is 2. The van der Waals surface area contributed by atoms with Gasteiger partial charge in [-0.15, -0.1) is 0 Å². The Morgan fingerprint density at radius 2 is 2.17 bits per heavy atom. The molecular formula is C8H10N2O6S2. The van der Waals surface area contributed by atoms with Crippen LogP contribution in [0.25, 0.3) is 0 Å². The number of nitro groups is 1. The maximum Gasteiger partial charge on any atom is 0.323 e. The second kappa shape index (κ2) is 4.90. The molecular weight excluding hydrogens is 284 g/mol. The number of sulfone groups is 1. The molecule has 1 N–H and O–H groups in total. The predicted molar refractivity (Wildman–Crippen MR) is 65.0 cm³/mol. The Morgan fingerprint density at radius 3 is 2.56 bits per heavy atom. The largest absolute Gasteiger partial charge is 0.480 e. The van der Waals surface area contributed by atoms with Crippen molar-refractivity contribution in [3.05, 3.63) is 16.2 Å². The van der Waals surface area contributed by atoms with E-state index in [4.69, 9.17) is 5.11 Å². The molecule has 0 aliphatic carbocycles. The van der Waals surface area contributed by atoms with Crippen LogP contribution in [0.5, 0.6) is 0 Å². The Bertz CT molecular complexity index is 591. The molecule has 0 radical (unpaired) electrons. The topological polar surface area (TPSA) is 118 Å². The Morgan fingerprint density at radius 1 is 1.61 bits per heavy atom. The Kier molecular flexibility index (Phi) is 3.92. The van der Waals surface area contributed by atoms with Crippen molar-refractivity contribution in [2.75, 3.05) is 24.7 Å². The number of carboxylic acid groups (broad SMARTS) is 1. The van der Waals surface area contributed by atoms with Crippen molar-refractivity contribution in [2.24, 2.45) is 0 Å². The summed E-state index contributed by atoms with van der Waals surface area (Å²) in [5, 5.41) is 19.4. The minimum atomic E-state index is -3.56. The third-order valence-electron chi connectivity index (χ3n) is 1.95. The van der Waals surface area contributed by atoms with Crippen molar-refractivity contribution < 1.29 is 23.2 Å². The van der Waals surface area contributed by atoms with E-state index in [9.17, 15) is 23.3 Å². The highest BCUT2D eigenvalue weighted by Crippen LogP contribution is 2.39. The number of thiophene rings is 1. The van der Waals surface area contributed by atoms with Crippen LogP contribution < -0.4 is 4.90 Å². The zero-order valence-electron chi connectivity index (χ0n) is 9.48. The Balaban J connectivity index is 3.29. The van der Waals surface area contributed by atoms with Crippen LogP contribution in [0, 0.1) is 10.1 Å². The van der Waals surface area contributed by atoms with Gasteiger partial charge in [0.15, 0.2) is 14.8 Å². The number of hydrogen-bond donors (Lipinski definition) is 1. The molecule has 0 spiro atoms. The summed E-state index contributed by atoms with van der Waals surface area (Å²) in [6.45, 7) is -0.454. The highest BCUT2D eigenvalue weighted by molar-refractivity contribution is 7.92. The van der Waals surface area contributed by atoms with Crippen molar-refractivity contribution in [2.45, 2.75) is 4.21 Å². The summed E-state index contributed by atoms with van der Waals surface area (Å²) in [7, 11) is -2.21. The van der Waals surface area contributed by atoms with Gasteiger partial charge in [-0.25, -0.2) is 8.42 Å². The molecule has 100 valence electrons. The van der Waals surface area contributed by atoms with Crippen molar-refractivity contribution >= 4 is 37.8 Å². The number of hydrogen-bond acceptors (Lipinski definition) is 7. The Hall–Kier alpha value is -1.68. The highest BCUT2D eigenvalue weighted by atomic mass is 32.2. The summed E-state index contributed by atoms with van der Waals surface area (Å²) >= 11 is 0.678. The minimum absolute atomic E-state index is 0.00262. The van der Waals surface area contributed by atoms with E-state index in [0.717, 1.165) is 17.2 Å².